The Kier molecular flexibility index (Phi) is 4.96. The third kappa shape index (κ3) is 3.70. The molecule has 1 amide bonds. The molecule has 20 heavy (non-hydrogen) atoms. The van der Waals surface area contributed by atoms with Gasteiger partial charge in [-0.15, -0.1) is 11.3 Å². The van der Waals surface area contributed by atoms with E-state index >= 15 is 0 Å². The zero-order valence-electron chi connectivity index (χ0n) is 12.3. The molecule has 1 heterocycles. The molecule has 1 aromatic heterocycles. The van der Waals surface area contributed by atoms with Crippen molar-refractivity contribution in [2.24, 2.45) is 0 Å². The molecule has 0 bridgehead atoms. The molecule has 0 unspecified atom stereocenters. The summed E-state index contributed by atoms with van der Waals surface area (Å²) >= 11 is 1.63. The summed E-state index contributed by atoms with van der Waals surface area (Å²) < 4.78 is 0. The largest absolute Gasteiger partial charge is 0.349 e. The first-order chi connectivity index (χ1) is 9.60. The Labute approximate surface area is 124 Å². The average molecular weight is 287 g/mol. The minimum absolute atomic E-state index is 0.0966. The highest BCUT2D eigenvalue weighted by molar-refractivity contribution is 7.10. The van der Waals surface area contributed by atoms with Gasteiger partial charge in [0.25, 0.3) is 0 Å². The molecule has 0 spiro atoms. The molecule has 3 heteroatoms. The minimum Gasteiger partial charge on any atom is -0.349 e. The van der Waals surface area contributed by atoms with Gasteiger partial charge in [0.05, 0.1) is 12.5 Å². The number of thiophene rings is 1. The van der Waals surface area contributed by atoms with Gasteiger partial charge in [0, 0.05) is 4.88 Å². The lowest BCUT2D eigenvalue weighted by molar-refractivity contribution is -0.121. The fraction of sp³-hybridized carbons (Fsp3) is 0.353. The first-order valence-electron chi connectivity index (χ1n) is 6.99. The summed E-state index contributed by atoms with van der Waals surface area (Å²) in [5.41, 5.74) is 3.72. The van der Waals surface area contributed by atoms with E-state index in [0.717, 1.165) is 11.3 Å². The van der Waals surface area contributed by atoms with Gasteiger partial charge in [0.2, 0.25) is 5.91 Å². The van der Waals surface area contributed by atoms with Gasteiger partial charge in [-0.1, -0.05) is 36.8 Å². The molecular formula is C17H21NOS. The normalized spacial score (nSPS) is 12.2. The SMILES string of the molecule is CC[C@@H](NC(=O)Cc1cccs1)c1ccc(C)cc1C. The van der Waals surface area contributed by atoms with Crippen LogP contribution in [0.3, 0.4) is 0 Å². The number of hydrogen-bond donors (Lipinski definition) is 1. The molecule has 0 saturated heterocycles. The Morgan fingerprint density at radius 1 is 1.30 bits per heavy atom. The van der Waals surface area contributed by atoms with Crippen LogP contribution in [0.15, 0.2) is 35.7 Å². The van der Waals surface area contributed by atoms with Crippen molar-refractivity contribution in [3.8, 4) is 0 Å². The van der Waals surface area contributed by atoms with Crippen molar-refractivity contribution in [2.45, 2.75) is 39.7 Å². The van der Waals surface area contributed by atoms with E-state index in [1.807, 2.05) is 17.5 Å². The van der Waals surface area contributed by atoms with Crippen LogP contribution in [0.1, 0.15) is 41.0 Å². The number of amides is 1. The summed E-state index contributed by atoms with van der Waals surface area (Å²) in [6.07, 6.45) is 1.37. The van der Waals surface area contributed by atoms with Crippen LogP contribution in [-0.4, -0.2) is 5.91 Å². The molecule has 0 saturated carbocycles. The molecule has 0 aliphatic carbocycles. The van der Waals surface area contributed by atoms with Crippen molar-refractivity contribution in [1.29, 1.82) is 0 Å². The number of nitrogens with one attached hydrogen (secondary N) is 1. The highest BCUT2D eigenvalue weighted by Gasteiger charge is 2.15. The maximum absolute atomic E-state index is 12.1. The second-order valence-corrected chi connectivity index (χ2v) is 6.18. The van der Waals surface area contributed by atoms with Gasteiger partial charge in [0.1, 0.15) is 0 Å². The van der Waals surface area contributed by atoms with E-state index in [1.165, 1.54) is 16.7 Å². The Morgan fingerprint density at radius 3 is 2.70 bits per heavy atom. The van der Waals surface area contributed by atoms with Crippen LogP contribution >= 0.6 is 11.3 Å². The predicted molar refractivity (Wildman–Crippen MR) is 85.1 cm³/mol. The molecule has 2 nitrogen and oxygen atoms in total. The standard InChI is InChI=1S/C17H21NOS/c1-4-16(15-8-7-12(2)10-13(15)3)18-17(19)11-14-6-5-9-20-14/h5-10,16H,4,11H2,1-3H3,(H,18,19)/t16-/m1/s1. The predicted octanol–water partition coefficient (Wildman–Crippen LogP) is 4.17. The lowest BCUT2D eigenvalue weighted by atomic mass is 9.97. The van der Waals surface area contributed by atoms with E-state index in [4.69, 9.17) is 0 Å². The summed E-state index contributed by atoms with van der Waals surface area (Å²) in [7, 11) is 0. The van der Waals surface area contributed by atoms with E-state index in [2.05, 4.69) is 44.3 Å². The van der Waals surface area contributed by atoms with Crippen LogP contribution in [-0.2, 0) is 11.2 Å². The zero-order valence-corrected chi connectivity index (χ0v) is 13.1. The number of rotatable bonds is 5. The van der Waals surface area contributed by atoms with E-state index in [1.54, 1.807) is 11.3 Å². The molecule has 1 N–H and O–H groups in total. The van der Waals surface area contributed by atoms with Gasteiger partial charge in [-0.25, -0.2) is 0 Å². The fourth-order valence-electron chi connectivity index (χ4n) is 2.43. The van der Waals surface area contributed by atoms with Crippen molar-refractivity contribution in [2.75, 3.05) is 0 Å². The third-order valence-corrected chi connectivity index (χ3v) is 4.34. The summed E-state index contributed by atoms with van der Waals surface area (Å²) in [5, 5.41) is 5.15. The molecule has 2 rings (SSSR count). The van der Waals surface area contributed by atoms with Gasteiger partial charge in [-0.3, -0.25) is 4.79 Å². The maximum atomic E-state index is 12.1. The zero-order chi connectivity index (χ0) is 14.5. The maximum Gasteiger partial charge on any atom is 0.225 e. The van der Waals surface area contributed by atoms with Crippen molar-refractivity contribution >= 4 is 17.2 Å². The molecule has 2 aromatic rings. The molecule has 1 aromatic carbocycles. The second-order valence-electron chi connectivity index (χ2n) is 5.14. The molecule has 0 radical (unpaired) electrons. The monoisotopic (exact) mass is 287 g/mol. The quantitative estimate of drug-likeness (QED) is 0.878. The summed E-state index contributed by atoms with van der Waals surface area (Å²) in [6, 6.07) is 10.5. The smallest absolute Gasteiger partial charge is 0.225 e. The van der Waals surface area contributed by atoms with Crippen LogP contribution in [0.25, 0.3) is 0 Å². The van der Waals surface area contributed by atoms with Crippen molar-refractivity contribution in [3.05, 3.63) is 57.3 Å². The number of hydrogen-bond acceptors (Lipinski definition) is 2. The van der Waals surface area contributed by atoms with Gasteiger partial charge in [0.15, 0.2) is 0 Å². The molecule has 106 valence electrons. The highest BCUT2D eigenvalue weighted by Crippen LogP contribution is 2.22. The van der Waals surface area contributed by atoms with E-state index < -0.39 is 0 Å². The average Bonchev–Trinajstić information content (AvgIpc) is 2.89. The van der Waals surface area contributed by atoms with E-state index in [9.17, 15) is 4.79 Å². The van der Waals surface area contributed by atoms with Gasteiger partial charge >= 0.3 is 0 Å². The first kappa shape index (κ1) is 14.8. The first-order valence-corrected chi connectivity index (χ1v) is 7.87. The van der Waals surface area contributed by atoms with Crippen LogP contribution in [0.4, 0.5) is 0 Å². The number of benzene rings is 1. The molecule has 0 fully saturated rings. The summed E-state index contributed by atoms with van der Waals surface area (Å²) in [4.78, 5) is 13.2. The Hall–Kier alpha value is -1.61. The van der Waals surface area contributed by atoms with E-state index in [-0.39, 0.29) is 11.9 Å². The van der Waals surface area contributed by atoms with Crippen molar-refractivity contribution in [1.82, 2.24) is 5.32 Å². The van der Waals surface area contributed by atoms with E-state index in [0.29, 0.717) is 6.42 Å². The summed E-state index contributed by atoms with van der Waals surface area (Å²) in [6.45, 7) is 6.30. The van der Waals surface area contributed by atoms with Gasteiger partial charge in [-0.2, -0.15) is 0 Å². The van der Waals surface area contributed by atoms with Crippen LogP contribution < -0.4 is 5.32 Å². The third-order valence-electron chi connectivity index (χ3n) is 3.46. The number of aryl methyl sites for hydroxylation is 2. The Morgan fingerprint density at radius 2 is 2.10 bits per heavy atom. The second kappa shape index (κ2) is 6.71. The molecule has 0 aliphatic heterocycles. The summed E-state index contributed by atoms with van der Waals surface area (Å²) in [5.74, 6) is 0.0966. The lowest BCUT2D eigenvalue weighted by Crippen LogP contribution is -2.29. The molecule has 1 atom stereocenters. The fourth-order valence-corrected chi connectivity index (χ4v) is 3.14. The molecule has 0 aliphatic rings. The minimum atomic E-state index is 0.0966. The highest BCUT2D eigenvalue weighted by atomic mass is 32.1. The van der Waals surface area contributed by atoms with Gasteiger partial charge in [-0.05, 0) is 42.8 Å². The Balaban J connectivity index is 2.06. The van der Waals surface area contributed by atoms with Crippen LogP contribution in [0.2, 0.25) is 0 Å². The van der Waals surface area contributed by atoms with Crippen LogP contribution in [0, 0.1) is 13.8 Å². The van der Waals surface area contributed by atoms with Crippen LogP contribution in [0.5, 0.6) is 0 Å². The van der Waals surface area contributed by atoms with Crippen molar-refractivity contribution in [3.63, 3.8) is 0 Å². The number of carbonyl (C=O) groups excluding carboxylic acids is 1. The molecular weight excluding hydrogens is 266 g/mol. The van der Waals surface area contributed by atoms with Gasteiger partial charge < -0.3 is 5.32 Å². The lowest BCUT2D eigenvalue weighted by Gasteiger charge is -2.20. The Bertz CT molecular complexity index is 575. The number of carbonyl (C=O) groups is 1. The van der Waals surface area contributed by atoms with Crippen molar-refractivity contribution < 1.29 is 4.79 Å². The topological polar surface area (TPSA) is 29.1 Å².